The van der Waals surface area contributed by atoms with E-state index in [-0.39, 0.29) is 12.3 Å². The first kappa shape index (κ1) is 21.5. The van der Waals surface area contributed by atoms with Crippen molar-refractivity contribution in [2.45, 2.75) is 44.7 Å². The Labute approximate surface area is 186 Å². The van der Waals surface area contributed by atoms with Crippen LogP contribution < -0.4 is 15.5 Å². The average Bonchev–Trinajstić information content (AvgIpc) is 2.89. The monoisotopic (exact) mass is 434 g/mol. The molecule has 0 aromatic heterocycles. The first-order valence-electron chi connectivity index (χ1n) is 10.7. The Kier molecular flexibility index (Phi) is 5.69. The predicted molar refractivity (Wildman–Crippen MR) is 120 cm³/mol. The van der Waals surface area contributed by atoms with E-state index in [9.17, 15) is 19.2 Å². The Morgan fingerprint density at radius 1 is 1.06 bits per heavy atom. The molecule has 2 aromatic rings. The summed E-state index contributed by atoms with van der Waals surface area (Å²) in [5.41, 5.74) is 1.07. The largest absolute Gasteiger partial charge is 0.325 e. The Balaban J connectivity index is 1.51. The molecule has 32 heavy (non-hydrogen) atoms. The zero-order chi connectivity index (χ0) is 22.9. The van der Waals surface area contributed by atoms with Crippen LogP contribution in [-0.4, -0.2) is 46.8 Å². The van der Waals surface area contributed by atoms with Crippen molar-refractivity contribution in [1.29, 1.82) is 0 Å². The number of nitrogens with zero attached hydrogens (tertiary/aromatic N) is 2. The first-order valence-corrected chi connectivity index (χ1v) is 10.7. The Morgan fingerprint density at radius 2 is 1.75 bits per heavy atom. The smallest absolute Gasteiger partial charge is 0.324 e. The van der Waals surface area contributed by atoms with Gasteiger partial charge in [-0.3, -0.25) is 19.3 Å². The third kappa shape index (κ3) is 4.08. The molecule has 2 aliphatic heterocycles. The van der Waals surface area contributed by atoms with Crippen LogP contribution in [0.2, 0.25) is 0 Å². The number of fused-ring (bicyclic) bond motifs is 1. The Hall–Kier alpha value is -3.68. The van der Waals surface area contributed by atoms with Gasteiger partial charge in [0.15, 0.2) is 0 Å². The van der Waals surface area contributed by atoms with E-state index in [1.807, 2.05) is 30.3 Å². The standard InChI is InChI=1S/C24H26N4O4/c1-16-14-20(29)25-18-10-6-7-11-19(18)28(16)21(30)15-27-22(31)24(2,26-23(27)32)13-12-17-8-4-3-5-9-17/h3-11,16H,12-15H2,1-2H3,(H,25,29)(H,26,32)/t16-,24+/m1/s1. The van der Waals surface area contributed by atoms with Gasteiger partial charge in [0.25, 0.3) is 5.91 Å². The highest BCUT2D eigenvalue weighted by molar-refractivity contribution is 6.11. The molecular formula is C24H26N4O4. The van der Waals surface area contributed by atoms with Gasteiger partial charge < -0.3 is 15.5 Å². The van der Waals surface area contributed by atoms with Crippen LogP contribution in [-0.2, 0) is 20.8 Å². The molecule has 8 nitrogen and oxygen atoms in total. The van der Waals surface area contributed by atoms with E-state index in [0.29, 0.717) is 24.2 Å². The second-order valence-corrected chi connectivity index (χ2v) is 8.52. The van der Waals surface area contributed by atoms with Crippen molar-refractivity contribution in [3.8, 4) is 0 Å². The van der Waals surface area contributed by atoms with Crippen molar-refractivity contribution in [2.24, 2.45) is 0 Å². The summed E-state index contributed by atoms with van der Waals surface area (Å²) in [6, 6.07) is 15.7. The molecule has 0 bridgehead atoms. The minimum Gasteiger partial charge on any atom is -0.324 e. The fourth-order valence-corrected chi connectivity index (χ4v) is 4.28. The van der Waals surface area contributed by atoms with Crippen molar-refractivity contribution >= 4 is 35.1 Å². The maximum Gasteiger partial charge on any atom is 0.325 e. The molecule has 166 valence electrons. The molecule has 2 aromatic carbocycles. The number of imide groups is 1. The fraction of sp³-hybridized carbons (Fsp3) is 0.333. The maximum absolute atomic E-state index is 13.3. The molecule has 5 amide bonds. The number of nitrogens with one attached hydrogen (secondary N) is 2. The number of benzene rings is 2. The molecule has 8 heteroatoms. The molecule has 4 rings (SSSR count). The summed E-state index contributed by atoms with van der Waals surface area (Å²) in [6.07, 6.45) is 1.17. The van der Waals surface area contributed by atoms with E-state index in [4.69, 9.17) is 0 Å². The van der Waals surface area contributed by atoms with E-state index < -0.39 is 36.0 Å². The topological polar surface area (TPSA) is 98.8 Å². The lowest BCUT2D eigenvalue weighted by Crippen LogP contribution is -2.48. The van der Waals surface area contributed by atoms with E-state index in [1.165, 1.54) is 4.90 Å². The summed E-state index contributed by atoms with van der Waals surface area (Å²) in [6.45, 7) is 3.07. The van der Waals surface area contributed by atoms with Gasteiger partial charge in [0.2, 0.25) is 11.8 Å². The average molecular weight is 434 g/mol. The van der Waals surface area contributed by atoms with Gasteiger partial charge in [0.05, 0.1) is 11.4 Å². The van der Waals surface area contributed by atoms with Crippen LogP contribution in [0.5, 0.6) is 0 Å². The number of amides is 5. The number of para-hydroxylation sites is 2. The minimum atomic E-state index is -1.08. The summed E-state index contributed by atoms with van der Waals surface area (Å²) in [5.74, 6) is -1.03. The van der Waals surface area contributed by atoms with Crippen molar-refractivity contribution < 1.29 is 19.2 Å². The van der Waals surface area contributed by atoms with Crippen molar-refractivity contribution in [2.75, 3.05) is 16.8 Å². The second-order valence-electron chi connectivity index (χ2n) is 8.52. The molecule has 2 heterocycles. The molecule has 0 spiro atoms. The molecular weight excluding hydrogens is 408 g/mol. The first-order chi connectivity index (χ1) is 15.3. The van der Waals surface area contributed by atoms with Crippen LogP contribution in [0.4, 0.5) is 16.2 Å². The van der Waals surface area contributed by atoms with Gasteiger partial charge in [-0.25, -0.2) is 4.79 Å². The number of carbonyl (C=O) groups is 4. The number of anilines is 2. The van der Waals surface area contributed by atoms with Gasteiger partial charge in [-0.05, 0) is 44.4 Å². The van der Waals surface area contributed by atoms with Gasteiger partial charge in [-0.1, -0.05) is 42.5 Å². The predicted octanol–water partition coefficient (Wildman–Crippen LogP) is 2.69. The Morgan fingerprint density at radius 3 is 2.50 bits per heavy atom. The summed E-state index contributed by atoms with van der Waals surface area (Å²) in [7, 11) is 0. The second kappa shape index (κ2) is 8.45. The van der Waals surface area contributed by atoms with Crippen molar-refractivity contribution in [3.63, 3.8) is 0 Å². The number of hydrogen-bond acceptors (Lipinski definition) is 4. The zero-order valence-corrected chi connectivity index (χ0v) is 18.1. The molecule has 1 saturated heterocycles. The molecule has 0 radical (unpaired) electrons. The van der Waals surface area contributed by atoms with Crippen LogP contribution in [0.3, 0.4) is 0 Å². The molecule has 0 unspecified atom stereocenters. The lowest BCUT2D eigenvalue weighted by Gasteiger charge is -2.29. The fourth-order valence-electron chi connectivity index (χ4n) is 4.28. The number of rotatable bonds is 5. The third-order valence-corrected chi connectivity index (χ3v) is 6.02. The Bertz CT molecular complexity index is 1070. The van der Waals surface area contributed by atoms with Crippen LogP contribution in [0.15, 0.2) is 54.6 Å². The van der Waals surface area contributed by atoms with Crippen LogP contribution in [0.1, 0.15) is 32.3 Å². The number of carbonyl (C=O) groups excluding carboxylic acids is 4. The van der Waals surface area contributed by atoms with Crippen molar-refractivity contribution in [3.05, 3.63) is 60.2 Å². The molecule has 1 fully saturated rings. The lowest BCUT2D eigenvalue weighted by molar-refractivity contribution is -0.134. The minimum absolute atomic E-state index is 0.120. The van der Waals surface area contributed by atoms with E-state index in [0.717, 1.165) is 10.5 Å². The van der Waals surface area contributed by atoms with E-state index in [2.05, 4.69) is 10.6 Å². The van der Waals surface area contributed by atoms with Crippen LogP contribution >= 0.6 is 0 Å². The van der Waals surface area contributed by atoms with Crippen LogP contribution in [0, 0.1) is 0 Å². The summed E-state index contributed by atoms with van der Waals surface area (Å²) in [5, 5.41) is 5.56. The van der Waals surface area contributed by atoms with Crippen molar-refractivity contribution in [1.82, 2.24) is 10.2 Å². The molecule has 2 aliphatic rings. The molecule has 2 atom stereocenters. The SMILES string of the molecule is C[C@@H]1CC(=O)Nc2ccccc2N1C(=O)CN1C(=O)N[C@@](C)(CCc2ccccc2)C1=O. The lowest BCUT2D eigenvalue weighted by atomic mass is 9.93. The van der Waals surface area contributed by atoms with Gasteiger partial charge >= 0.3 is 6.03 Å². The number of urea groups is 1. The number of aryl methyl sites for hydroxylation is 1. The molecule has 0 aliphatic carbocycles. The highest BCUT2D eigenvalue weighted by Gasteiger charge is 2.48. The highest BCUT2D eigenvalue weighted by atomic mass is 16.2. The van der Waals surface area contributed by atoms with Gasteiger partial charge in [0, 0.05) is 12.5 Å². The number of hydrogen-bond donors (Lipinski definition) is 2. The molecule has 2 N–H and O–H groups in total. The third-order valence-electron chi connectivity index (χ3n) is 6.02. The zero-order valence-electron chi connectivity index (χ0n) is 18.1. The normalized spacial score (nSPS) is 22.8. The van der Waals surface area contributed by atoms with Gasteiger partial charge in [0.1, 0.15) is 12.1 Å². The maximum atomic E-state index is 13.3. The summed E-state index contributed by atoms with van der Waals surface area (Å²) < 4.78 is 0. The highest BCUT2D eigenvalue weighted by Crippen LogP contribution is 2.32. The summed E-state index contributed by atoms with van der Waals surface area (Å²) >= 11 is 0. The summed E-state index contributed by atoms with van der Waals surface area (Å²) in [4.78, 5) is 53.7. The van der Waals surface area contributed by atoms with Gasteiger partial charge in [-0.2, -0.15) is 0 Å². The van der Waals surface area contributed by atoms with E-state index in [1.54, 1.807) is 38.1 Å². The molecule has 0 saturated carbocycles. The van der Waals surface area contributed by atoms with Gasteiger partial charge in [-0.15, -0.1) is 0 Å². The van der Waals surface area contributed by atoms with E-state index >= 15 is 0 Å². The quantitative estimate of drug-likeness (QED) is 0.707. The van der Waals surface area contributed by atoms with Crippen LogP contribution in [0.25, 0.3) is 0 Å².